The van der Waals surface area contributed by atoms with Crippen LogP contribution >= 0.6 is 0 Å². The molecule has 1 aromatic carbocycles. The minimum atomic E-state index is -3.83. The van der Waals surface area contributed by atoms with Gasteiger partial charge in [0.2, 0.25) is 5.89 Å². The van der Waals surface area contributed by atoms with Gasteiger partial charge in [0, 0.05) is 6.92 Å². The topological polar surface area (TPSA) is 73.1 Å². The van der Waals surface area contributed by atoms with Crippen molar-refractivity contribution in [3.8, 4) is 0 Å². The molecule has 2 rings (SSSR count). The van der Waals surface area contributed by atoms with Crippen molar-refractivity contribution in [3.05, 3.63) is 41.5 Å². The third-order valence-corrected chi connectivity index (χ3v) is 3.75. The fourth-order valence-corrected chi connectivity index (χ4v) is 2.51. The van der Waals surface area contributed by atoms with Crippen molar-refractivity contribution in [1.82, 2.24) is 10.1 Å². The fraction of sp³-hybridized carbons (Fsp3) is 0.200. The molecule has 1 aromatic heterocycles. The first kappa shape index (κ1) is 12.6. The Morgan fingerprint density at radius 3 is 2.56 bits per heavy atom. The van der Waals surface area contributed by atoms with E-state index in [1.54, 1.807) is 0 Å². The highest BCUT2D eigenvalue weighted by molar-refractivity contribution is 7.90. The van der Waals surface area contributed by atoms with Crippen molar-refractivity contribution in [3.63, 3.8) is 0 Å². The Morgan fingerprint density at radius 1 is 1.28 bits per heavy atom. The van der Waals surface area contributed by atoms with Crippen molar-refractivity contribution >= 4 is 9.84 Å². The van der Waals surface area contributed by atoms with E-state index in [1.165, 1.54) is 6.92 Å². The summed E-state index contributed by atoms with van der Waals surface area (Å²) in [5.74, 6) is -2.66. The minimum absolute atomic E-state index is 0.0303. The molecule has 0 spiro atoms. The Morgan fingerprint density at radius 2 is 2.00 bits per heavy atom. The average Bonchev–Trinajstić information content (AvgIpc) is 2.67. The zero-order valence-corrected chi connectivity index (χ0v) is 10.0. The van der Waals surface area contributed by atoms with Crippen LogP contribution in [0.25, 0.3) is 0 Å². The van der Waals surface area contributed by atoms with Crippen LogP contribution in [0.4, 0.5) is 8.78 Å². The Kier molecular flexibility index (Phi) is 3.12. The second-order valence-electron chi connectivity index (χ2n) is 3.56. The smallest absolute Gasteiger partial charge is 0.223 e. The molecule has 0 amide bonds. The van der Waals surface area contributed by atoms with Crippen LogP contribution in [0, 0.1) is 18.6 Å². The van der Waals surface area contributed by atoms with Crippen LogP contribution in [0.2, 0.25) is 0 Å². The van der Waals surface area contributed by atoms with E-state index < -0.39 is 27.2 Å². The molecule has 5 nitrogen and oxygen atoms in total. The lowest BCUT2D eigenvalue weighted by Gasteiger charge is -2.02. The second-order valence-corrected chi connectivity index (χ2v) is 5.55. The molecular weight excluding hydrogens is 266 g/mol. The number of hydrogen-bond acceptors (Lipinski definition) is 5. The molecule has 8 heteroatoms. The summed E-state index contributed by atoms with van der Waals surface area (Å²) in [5, 5.41) is 3.43. The molecule has 1 heterocycles. The van der Waals surface area contributed by atoms with Crippen LogP contribution in [0.15, 0.2) is 27.6 Å². The van der Waals surface area contributed by atoms with E-state index in [-0.39, 0.29) is 16.6 Å². The lowest BCUT2D eigenvalue weighted by atomic mass is 10.3. The Balaban J connectivity index is 2.33. The van der Waals surface area contributed by atoms with Crippen molar-refractivity contribution in [2.45, 2.75) is 17.6 Å². The Hall–Kier alpha value is -1.83. The van der Waals surface area contributed by atoms with E-state index in [9.17, 15) is 17.2 Å². The summed E-state index contributed by atoms with van der Waals surface area (Å²) in [4.78, 5) is 3.41. The third kappa shape index (κ3) is 2.53. The largest absolute Gasteiger partial charge is 0.340 e. The number of aryl methyl sites for hydroxylation is 1. The van der Waals surface area contributed by atoms with Crippen LogP contribution in [-0.2, 0) is 15.6 Å². The molecule has 0 fully saturated rings. The molecule has 0 saturated carbocycles. The predicted octanol–water partition coefficient (Wildman–Crippen LogP) is 1.63. The van der Waals surface area contributed by atoms with Gasteiger partial charge in [-0.05, 0) is 18.2 Å². The summed E-state index contributed by atoms with van der Waals surface area (Å²) in [6.07, 6.45) is 0. The van der Waals surface area contributed by atoms with E-state index in [0.29, 0.717) is 6.07 Å². The lowest BCUT2D eigenvalue weighted by molar-refractivity contribution is 0.388. The van der Waals surface area contributed by atoms with E-state index in [1.807, 2.05) is 0 Å². The predicted molar refractivity (Wildman–Crippen MR) is 56.3 cm³/mol. The molecule has 0 atom stereocenters. The number of sulfone groups is 1. The van der Waals surface area contributed by atoms with Gasteiger partial charge in [-0.15, -0.1) is 0 Å². The first-order valence-corrected chi connectivity index (χ1v) is 6.51. The van der Waals surface area contributed by atoms with E-state index in [0.717, 1.165) is 12.1 Å². The Bertz CT molecular complexity index is 682. The molecule has 0 radical (unpaired) electrons. The minimum Gasteiger partial charge on any atom is -0.340 e. The third-order valence-electron chi connectivity index (χ3n) is 2.14. The molecule has 18 heavy (non-hydrogen) atoms. The molecule has 0 aliphatic heterocycles. The van der Waals surface area contributed by atoms with Gasteiger partial charge in [0.05, 0.1) is 4.90 Å². The highest BCUT2D eigenvalue weighted by atomic mass is 32.2. The lowest BCUT2D eigenvalue weighted by Crippen LogP contribution is -2.07. The summed E-state index contributed by atoms with van der Waals surface area (Å²) in [7, 11) is -3.83. The average molecular weight is 274 g/mol. The van der Waals surface area contributed by atoms with Crippen LogP contribution in [0.1, 0.15) is 11.7 Å². The molecule has 0 bridgehead atoms. The van der Waals surface area contributed by atoms with E-state index in [4.69, 9.17) is 0 Å². The standard InChI is InChI=1S/C10H8F2N2O3S/c1-6-13-10(14-17-6)5-18(15,16)7-2-3-8(11)9(12)4-7/h2-4H,5H2,1H3. The summed E-state index contributed by atoms with van der Waals surface area (Å²) in [6.45, 7) is 1.51. The molecular formula is C10H8F2N2O3S. The van der Waals surface area contributed by atoms with Crippen LogP contribution in [-0.4, -0.2) is 18.6 Å². The van der Waals surface area contributed by atoms with Crippen LogP contribution in [0.3, 0.4) is 0 Å². The van der Waals surface area contributed by atoms with Gasteiger partial charge < -0.3 is 4.52 Å². The molecule has 0 aliphatic carbocycles. The molecule has 0 N–H and O–H groups in total. The van der Waals surface area contributed by atoms with Crippen molar-refractivity contribution < 1.29 is 21.7 Å². The quantitative estimate of drug-likeness (QED) is 0.795. The van der Waals surface area contributed by atoms with Gasteiger partial charge in [-0.2, -0.15) is 4.98 Å². The van der Waals surface area contributed by atoms with E-state index in [2.05, 4.69) is 14.7 Å². The van der Waals surface area contributed by atoms with Crippen LogP contribution in [0.5, 0.6) is 0 Å². The maximum atomic E-state index is 13.0. The summed E-state index contributed by atoms with van der Waals surface area (Å²) < 4.78 is 54.0. The first-order chi connectivity index (χ1) is 8.38. The summed E-state index contributed by atoms with van der Waals surface area (Å²) >= 11 is 0. The van der Waals surface area contributed by atoms with E-state index >= 15 is 0 Å². The van der Waals surface area contributed by atoms with Crippen molar-refractivity contribution in [1.29, 1.82) is 0 Å². The van der Waals surface area contributed by atoms with Gasteiger partial charge >= 0.3 is 0 Å². The fourth-order valence-electron chi connectivity index (χ4n) is 1.32. The maximum Gasteiger partial charge on any atom is 0.223 e. The molecule has 0 aliphatic rings. The second kappa shape index (κ2) is 4.45. The highest BCUT2D eigenvalue weighted by Crippen LogP contribution is 2.17. The van der Waals surface area contributed by atoms with Crippen LogP contribution < -0.4 is 0 Å². The van der Waals surface area contributed by atoms with Gasteiger partial charge in [-0.3, -0.25) is 0 Å². The zero-order chi connectivity index (χ0) is 13.3. The van der Waals surface area contributed by atoms with Gasteiger partial charge in [-0.1, -0.05) is 5.16 Å². The van der Waals surface area contributed by atoms with Gasteiger partial charge in [-0.25, -0.2) is 17.2 Å². The summed E-state index contributed by atoms with van der Waals surface area (Å²) in [5.41, 5.74) is 0. The number of rotatable bonds is 3. The molecule has 0 saturated heterocycles. The number of halogens is 2. The van der Waals surface area contributed by atoms with Crippen molar-refractivity contribution in [2.24, 2.45) is 0 Å². The number of nitrogens with zero attached hydrogens (tertiary/aromatic N) is 2. The number of hydrogen-bond donors (Lipinski definition) is 0. The monoisotopic (exact) mass is 274 g/mol. The maximum absolute atomic E-state index is 13.0. The Labute approximate surface area is 101 Å². The molecule has 96 valence electrons. The van der Waals surface area contributed by atoms with Gasteiger partial charge in [0.1, 0.15) is 5.75 Å². The SMILES string of the molecule is Cc1nc(CS(=O)(=O)c2ccc(F)c(F)c2)no1. The van der Waals surface area contributed by atoms with Gasteiger partial charge in [0.15, 0.2) is 27.3 Å². The molecule has 2 aromatic rings. The first-order valence-electron chi connectivity index (χ1n) is 4.85. The highest BCUT2D eigenvalue weighted by Gasteiger charge is 2.20. The number of benzene rings is 1. The molecule has 0 unspecified atom stereocenters. The summed E-state index contributed by atoms with van der Waals surface area (Å²) in [6, 6.07) is 2.36. The van der Waals surface area contributed by atoms with Gasteiger partial charge in [0.25, 0.3) is 0 Å². The zero-order valence-electron chi connectivity index (χ0n) is 9.22. The van der Waals surface area contributed by atoms with Crippen molar-refractivity contribution in [2.75, 3.05) is 0 Å². The normalized spacial score (nSPS) is 11.7. The number of aromatic nitrogens is 2.